The molecule has 2 amide bonds. The van der Waals surface area contributed by atoms with Crippen LogP contribution in [0.3, 0.4) is 0 Å². The van der Waals surface area contributed by atoms with Gasteiger partial charge in [-0.1, -0.05) is 12.1 Å². The van der Waals surface area contributed by atoms with Crippen LogP contribution in [0.25, 0.3) is 0 Å². The van der Waals surface area contributed by atoms with Gasteiger partial charge in [0, 0.05) is 19.1 Å². The summed E-state index contributed by atoms with van der Waals surface area (Å²) in [6.07, 6.45) is 3.24. The maximum Gasteiger partial charge on any atom is 0.239 e. The first-order valence-corrected chi connectivity index (χ1v) is 9.05. The van der Waals surface area contributed by atoms with E-state index in [1.165, 1.54) is 12.1 Å². The van der Waals surface area contributed by atoms with E-state index in [-0.39, 0.29) is 36.1 Å². The molecule has 1 aromatic rings. The predicted molar refractivity (Wildman–Crippen MR) is 92.8 cm³/mol. The Bertz CT molecular complexity index is 632. The number of benzene rings is 1. The molecule has 6 heteroatoms. The van der Waals surface area contributed by atoms with Crippen LogP contribution < -0.4 is 11.1 Å². The van der Waals surface area contributed by atoms with Crippen molar-refractivity contribution in [1.82, 2.24) is 10.2 Å². The lowest BCUT2D eigenvalue weighted by Crippen LogP contribution is -2.49. The minimum absolute atomic E-state index is 0.0131. The van der Waals surface area contributed by atoms with E-state index in [4.69, 9.17) is 5.73 Å². The molecule has 0 heterocycles. The summed E-state index contributed by atoms with van der Waals surface area (Å²) in [4.78, 5) is 26.7. The number of hydrogen-bond acceptors (Lipinski definition) is 3. The molecule has 3 N–H and O–H groups in total. The van der Waals surface area contributed by atoms with Crippen molar-refractivity contribution in [3.8, 4) is 0 Å². The smallest absolute Gasteiger partial charge is 0.239 e. The molecule has 0 spiro atoms. The zero-order valence-electron chi connectivity index (χ0n) is 14.6. The first kappa shape index (κ1) is 17.9. The summed E-state index contributed by atoms with van der Waals surface area (Å²) in [5.74, 6) is 0.202. The zero-order chi connectivity index (χ0) is 18.0. The third kappa shape index (κ3) is 3.84. The third-order valence-corrected chi connectivity index (χ3v) is 5.70. The largest absolute Gasteiger partial charge is 0.350 e. The highest BCUT2D eigenvalue weighted by molar-refractivity contribution is 5.86. The number of rotatable bonds is 6. The molecule has 4 atom stereocenters. The highest BCUT2D eigenvalue weighted by atomic mass is 19.1. The number of carbonyl (C=O) groups is 2. The number of hydrogen-bond donors (Lipinski definition) is 2. The van der Waals surface area contributed by atoms with Crippen molar-refractivity contribution in [2.75, 3.05) is 13.1 Å². The van der Waals surface area contributed by atoms with Gasteiger partial charge in [-0.05, 0) is 55.7 Å². The number of fused-ring (bicyclic) bond motifs is 2. The highest BCUT2D eigenvalue weighted by Crippen LogP contribution is 2.48. The van der Waals surface area contributed by atoms with Crippen LogP contribution >= 0.6 is 0 Å². The summed E-state index contributed by atoms with van der Waals surface area (Å²) < 4.78 is 12.9. The Kier molecular flexibility index (Phi) is 5.37. The number of nitrogens with one attached hydrogen (secondary N) is 1. The van der Waals surface area contributed by atoms with Gasteiger partial charge in [-0.15, -0.1) is 0 Å². The molecule has 0 aliphatic heterocycles. The Morgan fingerprint density at radius 3 is 2.52 bits per heavy atom. The lowest BCUT2D eigenvalue weighted by atomic mass is 9.84. The van der Waals surface area contributed by atoms with Crippen molar-refractivity contribution < 1.29 is 14.0 Å². The summed E-state index contributed by atoms with van der Waals surface area (Å²) in [5.41, 5.74) is 7.08. The van der Waals surface area contributed by atoms with Crippen molar-refractivity contribution in [3.05, 3.63) is 35.6 Å². The van der Waals surface area contributed by atoms with Crippen LogP contribution in [0.4, 0.5) is 4.39 Å². The second kappa shape index (κ2) is 7.52. The molecule has 5 nitrogen and oxygen atoms in total. The maximum atomic E-state index is 12.9. The van der Waals surface area contributed by atoms with Gasteiger partial charge >= 0.3 is 0 Å². The van der Waals surface area contributed by atoms with E-state index < -0.39 is 0 Å². The fourth-order valence-electron chi connectivity index (χ4n) is 4.29. The minimum Gasteiger partial charge on any atom is -0.350 e. The summed E-state index contributed by atoms with van der Waals surface area (Å²) in [5, 5.41) is 2.79. The zero-order valence-corrected chi connectivity index (χ0v) is 14.6. The Balaban J connectivity index is 1.53. The second-order valence-corrected chi connectivity index (χ2v) is 7.19. The number of amides is 2. The number of halogens is 1. The average molecular weight is 347 g/mol. The first-order chi connectivity index (χ1) is 12.0. The van der Waals surface area contributed by atoms with Gasteiger partial charge in [-0.2, -0.15) is 0 Å². The normalized spacial score (nSPS) is 27.3. The van der Waals surface area contributed by atoms with Crippen LogP contribution in [0, 0.1) is 23.6 Å². The summed E-state index contributed by atoms with van der Waals surface area (Å²) in [7, 11) is 0. The molecule has 2 aliphatic rings. The predicted octanol–water partition coefficient (Wildman–Crippen LogP) is 1.66. The molecule has 2 aliphatic carbocycles. The van der Waals surface area contributed by atoms with Gasteiger partial charge in [0.15, 0.2) is 0 Å². The van der Waals surface area contributed by atoms with E-state index >= 15 is 0 Å². The van der Waals surface area contributed by atoms with Crippen LogP contribution in [-0.4, -0.2) is 35.8 Å². The fourth-order valence-corrected chi connectivity index (χ4v) is 4.29. The molecule has 3 rings (SSSR count). The maximum absolute atomic E-state index is 12.9. The van der Waals surface area contributed by atoms with Crippen LogP contribution in [0.2, 0.25) is 0 Å². The molecule has 2 saturated carbocycles. The van der Waals surface area contributed by atoms with E-state index in [1.807, 2.05) is 6.92 Å². The summed E-state index contributed by atoms with van der Waals surface area (Å²) >= 11 is 0. The Morgan fingerprint density at radius 2 is 1.92 bits per heavy atom. The van der Waals surface area contributed by atoms with E-state index in [0.29, 0.717) is 24.9 Å². The van der Waals surface area contributed by atoms with Crippen LogP contribution in [0.15, 0.2) is 24.3 Å². The number of nitrogens with zero attached hydrogens (tertiary/aromatic N) is 1. The molecule has 2 fully saturated rings. The lowest BCUT2D eigenvalue weighted by Gasteiger charge is -2.32. The second-order valence-electron chi connectivity index (χ2n) is 7.19. The standard InChI is InChI=1S/C19H26FN3O2/c1-2-23(19(25)17-13-5-6-14(9-13)18(17)21)11-16(24)22-10-12-3-7-15(20)8-4-12/h3-4,7-8,13-14,17-18H,2,5-6,9-11,21H2,1H3,(H,22,24). The lowest BCUT2D eigenvalue weighted by molar-refractivity contribution is -0.141. The van der Waals surface area contributed by atoms with Gasteiger partial charge in [0.2, 0.25) is 11.8 Å². The third-order valence-electron chi connectivity index (χ3n) is 5.70. The topological polar surface area (TPSA) is 75.4 Å². The van der Waals surface area contributed by atoms with Crippen molar-refractivity contribution in [3.63, 3.8) is 0 Å². The van der Waals surface area contributed by atoms with Gasteiger partial charge in [0.1, 0.15) is 5.82 Å². The highest BCUT2D eigenvalue weighted by Gasteiger charge is 2.50. The first-order valence-electron chi connectivity index (χ1n) is 9.05. The van der Waals surface area contributed by atoms with Crippen LogP contribution in [0.5, 0.6) is 0 Å². The Morgan fingerprint density at radius 1 is 1.24 bits per heavy atom. The summed E-state index contributed by atoms with van der Waals surface area (Å²) in [6, 6.07) is 5.92. The number of carbonyl (C=O) groups excluding carboxylic acids is 2. The summed E-state index contributed by atoms with van der Waals surface area (Å²) in [6.45, 7) is 2.73. The molecular weight excluding hydrogens is 321 g/mol. The van der Waals surface area contributed by atoms with Crippen molar-refractivity contribution in [2.24, 2.45) is 23.5 Å². The quantitative estimate of drug-likeness (QED) is 0.822. The Hall–Kier alpha value is -1.95. The van der Waals surface area contributed by atoms with Gasteiger partial charge in [-0.25, -0.2) is 4.39 Å². The van der Waals surface area contributed by atoms with E-state index in [1.54, 1.807) is 17.0 Å². The minimum atomic E-state index is -0.306. The van der Waals surface area contributed by atoms with Crippen molar-refractivity contribution in [1.29, 1.82) is 0 Å². The molecule has 0 aromatic heterocycles. The van der Waals surface area contributed by atoms with Gasteiger partial charge in [0.25, 0.3) is 0 Å². The van der Waals surface area contributed by atoms with Crippen molar-refractivity contribution >= 4 is 11.8 Å². The molecule has 0 radical (unpaired) electrons. The van der Waals surface area contributed by atoms with E-state index in [0.717, 1.165) is 24.8 Å². The molecule has 0 saturated heterocycles. The molecular formula is C19H26FN3O2. The molecule has 25 heavy (non-hydrogen) atoms. The van der Waals surface area contributed by atoms with E-state index in [2.05, 4.69) is 5.32 Å². The van der Waals surface area contributed by atoms with Crippen LogP contribution in [-0.2, 0) is 16.1 Å². The van der Waals surface area contributed by atoms with Gasteiger partial charge in [-0.3, -0.25) is 9.59 Å². The van der Waals surface area contributed by atoms with Gasteiger partial charge < -0.3 is 16.0 Å². The molecule has 1 aromatic carbocycles. The Labute approximate surface area is 147 Å². The molecule has 4 unspecified atom stereocenters. The van der Waals surface area contributed by atoms with Gasteiger partial charge in [0.05, 0.1) is 12.5 Å². The fraction of sp³-hybridized carbons (Fsp3) is 0.579. The van der Waals surface area contributed by atoms with E-state index in [9.17, 15) is 14.0 Å². The SMILES string of the molecule is CCN(CC(=O)NCc1ccc(F)cc1)C(=O)C1C2CCC(C2)C1N. The van der Waals surface area contributed by atoms with Crippen LogP contribution in [0.1, 0.15) is 31.7 Å². The van der Waals surface area contributed by atoms with Crippen molar-refractivity contribution in [2.45, 2.75) is 38.8 Å². The average Bonchev–Trinajstić information content (AvgIpc) is 3.20. The molecule has 2 bridgehead atoms. The monoisotopic (exact) mass is 347 g/mol. The number of nitrogens with two attached hydrogens (primary N) is 1. The molecule has 136 valence electrons. The number of likely N-dealkylation sites (N-methyl/N-ethyl adjacent to an activating group) is 1.